The Morgan fingerprint density at radius 1 is 1.00 bits per heavy atom. The molecule has 0 bridgehead atoms. The number of nitrogens with zero attached hydrogens (tertiary/aromatic N) is 1. The molecule has 3 aromatic rings. The van der Waals surface area contributed by atoms with Crippen molar-refractivity contribution in [2.24, 2.45) is 0 Å². The molecule has 0 spiro atoms. The second-order valence-corrected chi connectivity index (χ2v) is 7.96. The van der Waals surface area contributed by atoms with E-state index in [1.807, 2.05) is 57.3 Å². The van der Waals surface area contributed by atoms with Gasteiger partial charge in [0.1, 0.15) is 0 Å². The van der Waals surface area contributed by atoms with Crippen LogP contribution in [0.1, 0.15) is 16.7 Å². The first-order chi connectivity index (χ1) is 11.9. The van der Waals surface area contributed by atoms with Gasteiger partial charge >= 0.3 is 0 Å². The molecule has 3 rings (SSSR count). The van der Waals surface area contributed by atoms with Gasteiger partial charge in [0, 0.05) is 12.7 Å². The van der Waals surface area contributed by atoms with E-state index in [4.69, 9.17) is 0 Å². The molecule has 1 heterocycles. The normalized spacial score (nSPS) is 11.6. The van der Waals surface area contributed by atoms with Gasteiger partial charge < -0.3 is 5.32 Å². The van der Waals surface area contributed by atoms with E-state index in [9.17, 15) is 8.42 Å². The van der Waals surface area contributed by atoms with E-state index in [1.165, 1.54) is 3.97 Å². The average molecular weight is 354 g/mol. The first kappa shape index (κ1) is 17.5. The van der Waals surface area contributed by atoms with Crippen LogP contribution in [-0.4, -0.2) is 19.4 Å². The maximum Gasteiger partial charge on any atom is 0.268 e. The van der Waals surface area contributed by atoms with Gasteiger partial charge in [-0.05, 0) is 55.3 Å². The lowest BCUT2D eigenvalue weighted by molar-refractivity contribution is 0.587. The Labute approximate surface area is 149 Å². The SMILES string of the molecule is CNCc1cn(S(=O)(=O)c2cccc(C)c2)c(-c2ccccc2)c1C. The van der Waals surface area contributed by atoms with Gasteiger partial charge in [-0.15, -0.1) is 0 Å². The van der Waals surface area contributed by atoms with Crippen molar-refractivity contribution in [2.75, 3.05) is 7.05 Å². The quantitative estimate of drug-likeness (QED) is 0.759. The highest BCUT2D eigenvalue weighted by atomic mass is 32.2. The molecule has 0 unspecified atom stereocenters. The molecule has 130 valence electrons. The first-order valence-corrected chi connectivity index (χ1v) is 9.62. The van der Waals surface area contributed by atoms with Crippen LogP contribution in [0, 0.1) is 13.8 Å². The van der Waals surface area contributed by atoms with E-state index in [1.54, 1.807) is 24.4 Å². The van der Waals surface area contributed by atoms with Crippen LogP contribution in [-0.2, 0) is 16.6 Å². The zero-order valence-corrected chi connectivity index (χ0v) is 15.5. The molecule has 0 radical (unpaired) electrons. The van der Waals surface area contributed by atoms with Crippen molar-refractivity contribution in [1.29, 1.82) is 0 Å². The molecule has 0 atom stereocenters. The fourth-order valence-electron chi connectivity index (χ4n) is 3.01. The molecule has 5 heteroatoms. The van der Waals surface area contributed by atoms with E-state index >= 15 is 0 Å². The van der Waals surface area contributed by atoms with Gasteiger partial charge in [-0.25, -0.2) is 12.4 Å². The van der Waals surface area contributed by atoms with Crippen LogP contribution in [0.2, 0.25) is 0 Å². The highest BCUT2D eigenvalue weighted by Crippen LogP contribution is 2.31. The Balaban J connectivity index is 2.27. The number of rotatable bonds is 5. The molecular formula is C20H22N2O2S. The molecule has 0 saturated carbocycles. The van der Waals surface area contributed by atoms with Crippen molar-refractivity contribution < 1.29 is 8.42 Å². The minimum atomic E-state index is -3.67. The second kappa shape index (κ2) is 6.86. The molecule has 0 aliphatic carbocycles. The summed E-state index contributed by atoms with van der Waals surface area (Å²) in [4.78, 5) is 0.302. The maximum absolute atomic E-state index is 13.3. The van der Waals surface area contributed by atoms with Crippen LogP contribution in [0.5, 0.6) is 0 Å². The lowest BCUT2D eigenvalue weighted by atomic mass is 10.1. The highest BCUT2D eigenvalue weighted by Gasteiger charge is 2.24. The number of hydrogen-bond donors (Lipinski definition) is 1. The van der Waals surface area contributed by atoms with Crippen LogP contribution >= 0.6 is 0 Å². The lowest BCUT2D eigenvalue weighted by Gasteiger charge is -2.12. The Hall–Kier alpha value is -2.37. The van der Waals surface area contributed by atoms with Crippen LogP contribution in [0.4, 0.5) is 0 Å². The molecule has 4 nitrogen and oxygen atoms in total. The van der Waals surface area contributed by atoms with Gasteiger partial charge in [0.15, 0.2) is 0 Å². The third-order valence-electron chi connectivity index (χ3n) is 4.29. The number of nitrogens with one attached hydrogen (secondary N) is 1. The summed E-state index contributed by atoms with van der Waals surface area (Å²) < 4.78 is 28.0. The third-order valence-corrected chi connectivity index (χ3v) is 5.95. The van der Waals surface area contributed by atoms with Crippen molar-refractivity contribution in [2.45, 2.75) is 25.3 Å². The molecule has 0 aliphatic heterocycles. The minimum Gasteiger partial charge on any atom is -0.316 e. The summed E-state index contributed by atoms with van der Waals surface area (Å²) in [5.41, 5.74) is 4.46. The van der Waals surface area contributed by atoms with Gasteiger partial charge in [-0.2, -0.15) is 0 Å². The summed E-state index contributed by atoms with van der Waals surface area (Å²) in [5, 5.41) is 3.11. The molecule has 25 heavy (non-hydrogen) atoms. The smallest absolute Gasteiger partial charge is 0.268 e. The second-order valence-electron chi connectivity index (χ2n) is 6.14. The minimum absolute atomic E-state index is 0.302. The van der Waals surface area contributed by atoms with Crippen LogP contribution in [0.25, 0.3) is 11.3 Å². The molecule has 2 aromatic carbocycles. The summed E-state index contributed by atoms with van der Waals surface area (Å²) in [7, 11) is -1.82. The largest absolute Gasteiger partial charge is 0.316 e. The Morgan fingerprint density at radius 2 is 1.72 bits per heavy atom. The summed E-state index contributed by atoms with van der Waals surface area (Å²) >= 11 is 0. The Morgan fingerprint density at radius 3 is 2.36 bits per heavy atom. The van der Waals surface area contributed by atoms with Crippen molar-refractivity contribution in [1.82, 2.24) is 9.29 Å². The topological polar surface area (TPSA) is 51.1 Å². The molecule has 0 saturated heterocycles. The molecule has 0 aliphatic rings. The lowest BCUT2D eigenvalue weighted by Crippen LogP contribution is -2.13. The van der Waals surface area contributed by atoms with Crippen molar-refractivity contribution in [3.8, 4) is 11.3 Å². The van der Waals surface area contributed by atoms with Crippen molar-refractivity contribution in [3.63, 3.8) is 0 Å². The monoisotopic (exact) mass is 354 g/mol. The number of benzene rings is 2. The van der Waals surface area contributed by atoms with Gasteiger partial charge in [-0.1, -0.05) is 42.5 Å². The van der Waals surface area contributed by atoms with Gasteiger partial charge in [0.2, 0.25) is 0 Å². The summed E-state index contributed by atoms with van der Waals surface area (Å²) in [5.74, 6) is 0. The summed E-state index contributed by atoms with van der Waals surface area (Å²) in [6.45, 7) is 4.48. The van der Waals surface area contributed by atoms with Gasteiger partial charge in [0.25, 0.3) is 10.0 Å². The number of aromatic nitrogens is 1. The van der Waals surface area contributed by atoms with Crippen molar-refractivity contribution in [3.05, 3.63) is 77.5 Å². The Bertz CT molecular complexity index is 990. The molecule has 1 aromatic heterocycles. The fraction of sp³-hybridized carbons (Fsp3) is 0.200. The van der Waals surface area contributed by atoms with Crippen molar-refractivity contribution >= 4 is 10.0 Å². The molecule has 1 N–H and O–H groups in total. The fourth-order valence-corrected chi connectivity index (χ4v) is 4.57. The van der Waals surface area contributed by atoms with E-state index < -0.39 is 10.0 Å². The summed E-state index contributed by atoms with van der Waals surface area (Å²) in [6.07, 6.45) is 1.73. The number of hydrogen-bond acceptors (Lipinski definition) is 3. The van der Waals surface area contributed by atoms with E-state index in [0.29, 0.717) is 17.1 Å². The molecular weight excluding hydrogens is 332 g/mol. The van der Waals surface area contributed by atoms with Crippen LogP contribution in [0.15, 0.2) is 65.7 Å². The van der Waals surface area contributed by atoms with Gasteiger partial charge in [-0.3, -0.25) is 0 Å². The third kappa shape index (κ3) is 3.25. The van der Waals surface area contributed by atoms with E-state index in [-0.39, 0.29) is 0 Å². The predicted octanol–water partition coefficient (Wildman–Crippen LogP) is 3.73. The van der Waals surface area contributed by atoms with Crippen LogP contribution in [0.3, 0.4) is 0 Å². The zero-order chi connectivity index (χ0) is 18.0. The van der Waals surface area contributed by atoms with Gasteiger partial charge in [0.05, 0.1) is 10.6 Å². The first-order valence-electron chi connectivity index (χ1n) is 8.18. The predicted molar refractivity (Wildman–Crippen MR) is 101 cm³/mol. The zero-order valence-electron chi connectivity index (χ0n) is 14.7. The average Bonchev–Trinajstić information content (AvgIpc) is 2.93. The summed E-state index contributed by atoms with van der Waals surface area (Å²) in [6, 6.07) is 16.7. The van der Waals surface area contributed by atoms with E-state index in [2.05, 4.69) is 5.32 Å². The van der Waals surface area contributed by atoms with E-state index in [0.717, 1.165) is 22.3 Å². The Kier molecular flexibility index (Phi) is 4.79. The number of aryl methyl sites for hydroxylation is 1. The standard InChI is InChI=1S/C20H22N2O2S/c1-15-8-7-11-19(12-15)25(23,24)22-14-18(13-21-3)16(2)20(22)17-9-5-4-6-10-17/h4-12,14,21H,13H2,1-3H3. The molecule has 0 amide bonds. The van der Waals surface area contributed by atoms with Crippen LogP contribution < -0.4 is 5.32 Å². The maximum atomic E-state index is 13.3. The highest BCUT2D eigenvalue weighted by molar-refractivity contribution is 7.90. The molecule has 0 fully saturated rings.